The fraction of sp³-hybridized carbons (Fsp3) is 0.389. The maximum Gasteiger partial charge on any atom is 0.333 e. The maximum absolute atomic E-state index is 11.8. The van der Waals surface area contributed by atoms with Crippen molar-refractivity contribution in [1.82, 2.24) is 14.3 Å². The number of aromatic nitrogens is 3. The van der Waals surface area contributed by atoms with Gasteiger partial charge < -0.3 is 10.0 Å². The molecule has 0 aromatic carbocycles. The van der Waals surface area contributed by atoms with Gasteiger partial charge >= 0.3 is 5.97 Å². The van der Waals surface area contributed by atoms with Gasteiger partial charge in [0.05, 0.1) is 11.5 Å². The van der Waals surface area contributed by atoms with Crippen molar-refractivity contribution in [3.63, 3.8) is 0 Å². The lowest BCUT2D eigenvalue weighted by molar-refractivity contribution is -0.132. The van der Waals surface area contributed by atoms with Crippen LogP contribution >= 0.6 is 11.5 Å². The Hall–Kier alpha value is -2.81. The maximum atomic E-state index is 11.8. The van der Waals surface area contributed by atoms with Gasteiger partial charge in [-0.25, -0.2) is 14.8 Å². The van der Waals surface area contributed by atoms with Crippen molar-refractivity contribution in [2.24, 2.45) is 5.92 Å². The fourth-order valence-electron chi connectivity index (χ4n) is 3.41. The summed E-state index contributed by atoms with van der Waals surface area (Å²) in [6.45, 7) is 5.19. The first-order chi connectivity index (χ1) is 13.0. The molecule has 2 aromatic heterocycles. The van der Waals surface area contributed by atoms with Crippen LogP contribution in [0.4, 0.5) is 16.8 Å². The van der Waals surface area contributed by atoms with Crippen LogP contribution < -0.4 is 9.80 Å². The minimum absolute atomic E-state index is 0.0749. The fourth-order valence-corrected chi connectivity index (χ4v) is 3.92. The van der Waals surface area contributed by atoms with Gasteiger partial charge in [-0.15, -0.1) is 0 Å². The Morgan fingerprint density at radius 2 is 2.15 bits per heavy atom. The Bertz CT molecular complexity index is 935. The molecule has 1 N–H and O–H groups in total. The van der Waals surface area contributed by atoms with E-state index < -0.39 is 5.97 Å². The van der Waals surface area contributed by atoms with Crippen molar-refractivity contribution in [2.75, 3.05) is 22.9 Å². The Balaban J connectivity index is 1.70. The van der Waals surface area contributed by atoms with Gasteiger partial charge in [-0.1, -0.05) is 6.92 Å². The van der Waals surface area contributed by atoms with Gasteiger partial charge in [0.15, 0.2) is 0 Å². The molecule has 4 rings (SSSR count). The molecule has 140 valence electrons. The third kappa shape index (κ3) is 3.08. The van der Waals surface area contributed by atoms with Crippen LogP contribution in [-0.2, 0) is 16.0 Å². The van der Waals surface area contributed by atoms with Gasteiger partial charge in [-0.3, -0.25) is 9.69 Å². The summed E-state index contributed by atoms with van der Waals surface area (Å²) in [5.74, 6) is 0.879. The van der Waals surface area contributed by atoms with E-state index in [0.717, 1.165) is 16.9 Å². The molecule has 27 heavy (non-hydrogen) atoms. The van der Waals surface area contributed by atoms with Crippen molar-refractivity contribution in [3.05, 3.63) is 35.3 Å². The molecule has 4 heterocycles. The monoisotopic (exact) mass is 385 g/mol. The zero-order valence-electron chi connectivity index (χ0n) is 15.0. The standard InChI is InChI=1S/C18H19N5O3S/c1-3-14(24)12-6-22(7-12)15-4-10(2)13-5-11(17(25)26)8-23(16(13)21-15)18-19-9-20-27-18/h4,8-9,12H,3,5-7H2,1-2H3,(H,25,26). The van der Waals surface area contributed by atoms with E-state index in [9.17, 15) is 14.7 Å². The molecule has 1 saturated heterocycles. The number of hydrogen-bond donors (Lipinski definition) is 1. The van der Waals surface area contributed by atoms with Crippen LogP contribution in [0.1, 0.15) is 24.5 Å². The topological polar surface area (TPSA) is 99.5 Å². The van der Waals surface area contributed by atoms with Crippen LogP contribution in [-0.4, -0.2) is 44.3 Å². The number of rotatable bonds is 5. The summed E-state index contributed by atoms with van der Waals surface area (Å²) in [5.41, 5.74) is 2.13. The molecule has 0 bridgehead atoms. The van der Waals surface area contributed by atoms with E-state index >= 15 is 0 Å². The summed E-state index contributed by atoms with van der Waals surface area (Å²) < 4.78 is 4.02. The second-order valence-corrected chi connectivity index (χ2v) is 7.51. The summed E-state index contributed by atoms with van der Waals surface area (Å²) in [5, 5.41) is 10.0. The number of anilines is 3. The Labute approximate surface area is 160 Å². The first-order valence-electron chi connectivity index (χ1n) is 8.76. The summed E-state index contributed by atoms with van der Waals surface area (Å²) in [6.07, 6.45) is 3.88. The molecular formula is C18H19N5O3S. The summed E-state index contributed by atoms with van der Waals surface area (Å²) in [6, 6.07) is 1.97. The minimum Gasteiger partial charge on any atom is -0.478 e. The molecule has 0 aliphatic carbocycles. The number of carbonyl (C=O) groups is 2. The number of aryl methyl sites for hydroxylation is 1. The predicted octanol–water partition coefficient (Wildman–Crippen LogP) is 2.32. The molecule has 0 amide bonds. The highest BCUT2D eigenvalue weighted by Gasteiger charge is 2.34. The summed E-state index contributed by atoms with van der Waals surface area (Å²) in [7, 11) is 0. The lowest BCUT2D eigenvalue weighted by Crippen LogP contribution is -2.50. The van der Waals surface area contributed by atoms with Crippen molar-refractivity contribution in [2.45, 2.75) is 26.7 Å². The second-order valence-electron chi connectivity index (χ2n) is 6.75. The van der Waals surface area contributed by atoms with E-state index in [0.29, 0.717) is 36.9 Å². The number of Topliss-reactive ketones (excluding diaryl/α,β-unsaturated/α-hetero) is 1. The zero-order chi connectivity index (χ0) is 19.1. The Kier molecular flexibility index (Phi) is 4.39. The first kappa shape index (κ1) is 17.6. The van der Waals surface area contributed by atoms with E-state index in [4.69, 9.17) is 4.98 Å². The van der Waals surface area contributed by atoms with Crippen molar-refractivity contribution >= 4 is 40.1 Å². The molecule has 0 radical (unpaired) electrons. The normalized spacial score (nSPS) is 16.6. The minimum atomic E-state index is -0.956. The molecule has 2 aliphatic rings. The smallest absolute Gasteiger partial charge is 0.333 e. The third-order valence-electron chi connectivity index (χ3n) is 5.03. The van der Waals surface area contributed by atoms with Crippen LogP contribution in [0.5, 0.6) is 0 Å². The molecule has 8 nitrogen and oxygen atoms in total. The van der Waals surface area contributed by atoms with Gasteiger partial charge in [-0.2, -0.15) is 4.37 Å². The number of carboxylic acids is 1. The highest BCUT2D eigenvalue weighted by atomic mass is 32.1. The molecule has 9 heteroatoms. The number of hydrogen-bond acceptors (Lipinski definition) is 8. The number of carbonyl (C=O) groups excluding carboxylic acids is 1. The van der Waals surface area contributed by atoms with E-state index in [1.54, 1.807) is 11.1 Å². The largest absolute Gasteiger partial charge is 0.478 e. The number of fused-ring (bicyclic) bond motifs is 1. The first-order valence-corrected chi connectivity index (χ1v) is 9.53. The van der Waals surface area contributed by atoms with E-state index in [1.165, 1.54) is 17.9 Å². The summed E-state index contributed by atoms with van der Waals surface area (Å²) in [4.78, 5) is 36.2. The number of aliphatic carboxylic acids is 1. The average Bonchev–Trinajstić information content (AvgIpc) is 3.14. The van der Waals surface area contributed by atoms with Crippen LogP contribution in [0.2, 0.25) is 0 Å². The molecule has 2 aliphatic heterocycles. The van der Waals surface area contributed by atoms with E-state index in [2.05, 4.69) is 14.3 Å². The second kappa shape index (κ2) is 6.73. The molecular weight excluding hydrogens is 366 g/mol. The molecule has 0 unspecified atom stereocenters. The van der Waals surface area contributed by atoms with Crippen LogP contribution in [0.25, 0.3) is 0 Å². The van der Waals surface area contributed by atoms with Crippen molar-refractivity contribution in [1.29, 1.82) is 0 Å². The van der Waals surface area contributed by atoms with Crippen molar-refractivity contribution < 1.29 is 14.7 Å². The Morgan fingerprint density at radius 3 is 2.78 bits per heavy atom. The van der Waals surface area contributed by atoms with E-state index in [1.807, 2.05) is 19.9 Å². The number of carboxylic acid groups (broad SMARTS) is 1. The van der Waals surface area contributed by atoms with Gasteiger partial charge in [0.2, 0.25) is 5.13 Å². The quantitative estimate of drug-likeness (QED) is 0.837. The number of pyridine rings is 1. The lowest BCUT2D eigenvalue weighted by Gasteiger charge is -2.40. The third-order valence-corrected chi connectivity index (χ3v) is 5.70. The molecule has 2 aromatic rings. The SMILES string of the molecule is CCC(=O)C1CN(c2cc(C)c3c(n2)N(c2ncns2)C=C(C(=O)O)C3)C1. The summed E-state index contributed by atoms with van der Waals surface area (Å²) >= 11 is 1.18. The average molecular weight is 385 g/mol. The van der Waals surface area contributed by atoms with Gasteiger partial charge in [0, 0.05) is 49.2 Å². The molecule has 1 fully saturated rings. The Morgan fingerprint density at radius 1 is 1.37 bits per heavy atom. The van der Waals surface area contributed by atoms with Crippen LogP contribution in [0.15, 0.2) is 24.2 Å². The zero-order valence-corrected chi connectivity index (χ0v) is 15.9. The van der Waals surface area contributed by atoms with Gasteiger partial charge in [-0.05, 0) is 18.6 Å². The van der Waals surface area contributed by atoms with Crippen LogP contribution in [0.3, 0.4) is 0 Å². The molecule has 0 atom stereocenters. The number of nitrogens with zero attached hydrogens (tertiary/aromatic N) is 5. The van der Waals surface area contributed by atoms with Crippen LogP contribution in [0, 0.1) is 12.8 Å². The number of ketones is 1. The van der Waals surface area contributed by atoms with E-state index in [-0.39, 0.29) is 17.3 Å². The van der Waals surface area contributed by atoms with Gasteiger partial charge in [0.1, 0.15) is 23.7 Å². The molecule has 0 spiro atoms. The van der Waals surface area contributed by atoms with Gasteiger partial charge in [0.25, 0.3) is 0 Å². The lowest BCUT2D eigenvalue weighted by atomic mass is 9.93. The predicted molar refractivity (Wildman–Crippen MR) is 101 cm³/mol. The van der Waals surface area contributed by atoms with Crippen molar-refractivity contribution in [3.8, 4) is 0 Å². The highest BCUT2D eigenvalue weighted by molar-refractivity contribution is 7.09. The highest BCUT2D eigenvalue weighted by Crippen LogP contribution is 2.38. The molecule has 0 saturated carbocycles.